The number of nitrogens with two attached hydrogens (primary N) is 1. The van der Waals surface area contributed by atoms with Gasteiger partial charge in [0, 0.05) is 22.8 Å². The largest absolute Gasteiger partial charge is 0.398 e. The predicted molar refractivity (Wildman–Crippen MR) is 85.1 cm³/mol. The molecule has 0 saturated heterocycles. The van der Waals surface area contributed by atoms with E-state index in [0.717, 1.165) is 15.7 Å². The Morgan fingerprint density at radius 2 is 1.74 bits per heavy atom. The van der Waals surface area contributed by atoms with Gasteiger partial charge in [-0.3, -0.25) is 0 Å². The van der Waals surface area contributed by atoms with Gasteiger partial charge >= 0.3 is 0 Å². The Balaban J connectivity index is 2.32. The number of alkyl halides is 2. The van der Waals surface area contributed by atoms with E-state index in [2.05, 4.69) is 0 Å². The summed E-state index contributed by atoms with van der Waals surface area (Å²) in [6.07, 6.45) is -1.88. The lowest BCUT2D eigenvalue weighted by Crippen LogP contribution is -2.11. The van der Waals surface area contributed by atoms with E-state index in [-0.39, 0.29) is 21.5 Å². The van der Waals surface area contributed by atoms with Gasteiger partial charge in [-0.2, -0.15) is 0 Å². The fourth-order valence-electron chi connectivity index (χ4n) is 2.50. The summed E-state index contributed by atoms with van der Waals surface area (Å²) in [6, 6.07) is 10.7. The third-order valence-electron chi connectivity index (χ3n) is 3.67. The Morgan fingerprint density at radius 1 is 1.09 bits per heavy atom. The van der Waals surface area contributed by atoms with Crippen LogP contribution in [-0.2, 0) is 10.0 Å². The summed E-state index contributed by atoms with van der Waals surface area (Å²) >= 11 is 0. The highest BCUT2D eigenvalue weighted by Gasteiger charge is 2.25. The van der Waals surface area contributed by atoms with Crippen molar-refractivity contribution < 1.29 is 17.2 Å². The van der Waals surface area contributed by atoms with Crippen LogP contribution in [0, 0.1) is 6.92 Å². The van der Waals surface area contributed by atoms with E-state index in [0.29, 0.717) is 0 Å². The van der Waals surface area contributed by atoms with Crippen LogP contribution in [0.1, 0.15) is 17.6 Å². The maximum absolute atomic E-state index is 13.3. The van der Waals surface area contributed by atoms with Gasteiger partial charge in [0.25, 0.3) is 16.4 Å². The number of benzene rings is 2. The highest BCUT2D eigenvalue weighted by atomic mass is 32.2. The summed E-state index contributed by atoms with van der Waals surface area (Å²) in [5.74, 6) is 0. The highest BCUT2D eigenvalue weighted by Crippen LogP contribution is 2.35. The standard InChI is InChI=1S/C16H14F2N2O2S/c1-10-5-7-11(8-6-10)23(21,22)20-9-12(16(17)18)15-13(19)3-2-4-14(15)20/h2-9,16H,19H2,1H3. The van der Waals surface area contributed by atoms with E-state index in [9.17, 15) is 17.2 Å². The van der Waals surface area contributed by atoms with Gasteiger partial charge in [-0.15, -0.1) is 0 Å². The Labute approximate surface area is 132 Å². The molecule has 0 fully saturated rings. The zero-order valence-corrected chi connectivity index (χ0v) is 13.0. The predicted octanol–water partition coefficient (Wildman–Crippen LogP) is 3.71. The minimum Gasteiger partial charge on any atom is -0.398 e. The van der Waals surface area contributed by atoms with Crippen LogP contribution in [0.5, 0.6) is 0 Å². The van der Waals surface area contributed by atoms with Gasteiger partial charge < -0.3 is 5.73 Å². The molecule has 0 amide bonds. The van der Waals surface area contributed by atoms with Gasteiger partial charge in [0.15, 0.2) is 0 Å². The van der Waals surface area contributed by atoms with Crippen molar-refractivity contribution in [1.82, 2.24) is 3.97 Å². The van der Waals surface area contributed by atoms with E-state index in [4.69, 9.17) is 5.73 Å². The molecule has 1 heterocycles. The molecule has 3 aromatic rings. The lowest BCUT2D eigenvalue weighted by atomic mass is 10.1. The molecule has 0 spiro atoms. The molecule has 3 rings (SSSR count). The number of hydrogen-bond donors (Lipinski definition) is 1. The molecule has 0 aliphatic heterocycles. The van der Waals surface area contributed by atoms with Gasteiger partial charge in [0.2, 0.25) is 0 Å². The van der Waals surface area contributed by atoms with Gasteiger partial charge in [-0.1, -0.05) is 23.8 Å². The summed E-state index contributed by atoms with van der Waals surface area (Å²) in [4.78, 5) is 0.0308. The van der Waals surface area contributed by atoms with Gasteiger partial charge in [0.1, 0.15) is 0 Å². The zero-order chi connectivity index (χ0) is 16.8. The number of nitrogens with zero attached hydrogens (tertiary/aromatic N) is 1. The number of rotatable bonds is 3. The van der Waals surface area contributed by atoms with Gasteiger partial charge in [0.05, 0.1) is 10.4 Å². The lowest BCUT2D eigenvalue weighted by molar-refractivity contribution is 0.153. The molecule has 0 radical (unpaired) electrons. The van der Waals surface area contributed by atoms with Crippen molar-refractivity contribution in [2.45, 2.75) is 18.2 Å². The van der Waals surface area contributed by atoms with Crippen LogP contribution in [0.15, 0.2) is 53.6 Å². The molecule has 0 aliphatic carbocycles. The summed E-state index contributed by atoms with van der Waals surface area (Å²) in [5.41, 5.74) is 6.54. The fraction of sp³-hybridized carbons (Fsp3) is 0.125. The molecule has 2 N–H and O–H groups in total. The number of anilines is 1. The highest BCUT2D eigenvalue weighted by molar-refractivity contribution is 7.90. The Morgan fingerprint density at radius 3 is 2.35 bits per heavy atom. The maximum atomic E-state index is 13.3. The average Bonchev–Trinajstić information content (AvgIpc) is 2.89. The third kappa shape index (κ3) is 2.46. The van der Waals surface area contributed by atoms with Gasteiger partial charge in [-0.25, -0.2) is 21.2 Å². The molecular weight excluding hydrogens is 322 g/mol. The smallest absolute Gasteiger partial charge is 0.268 e. The third-order valence-corrected chi connectivity index (χ3v) is 5.36. The molecule has 2 aromatic carbocycles. The number of aryl methyl sites for hydroxylation is 1. The van der Waals surface area contributed by atoms with Crippen molar-refractivity contribution in [1.29, 1.82) is 0 Å². The summed E-state index contributed by atoms with van der Waals surface area (Å²) in [5, 5.41) is 0.0678. The topological polar surface area (TPSA) is 65.1 Å². The normalized spacial score (nSPS) is 12.2. The average molecular weight is 336 g/mol. The molecule has 0 atom stereocenters. The Bertz CT molecular complexity index is 977. The molecular formula is C16H14F2N2O2S. The maximum Gasteiger partial charge on any atom is 0.268 e. The molecule has 1 aromatic heterocycles. The van der Waals surface area contributed by atoms with Crippen LogP contribution in [0.25, 0.3) is 10.9 Å². The van der Waals surface area contributed by atoms with Crippen molar-refractivity contribution in [3.8, 4) is 0 Å². The first-order valence-electron chi connectivity index (χ1n) is 6.82. The number of nitrogen functional groups attached to an aromatic ring is 1. The van der Waals surface area contributed by atoms with Crippen LogP contribution in [0.2, 0.25) is 0 Å². The minimum absolute atomic E-state index is 0.0308. The van der Waals surface area contributed by atoms with Crippen molar-refractivity contribution >= 4 is 26.6 Å². The number of aromatic nitrogens is 1. The van der Waals surface area contributed by atoms with Crippen molar-refractivity contribution in [3.63, 3.8) is 0 Å². The number of hydrogen-bond acceptors (Lipinski definition) is 3. The van der Waals surface area contributed by atoms with Crippen LogP contribution in [-0.4, -0.2) is 12.4 Å². The Kier molecular flexibility index (Phi) is 3.60. The summed E-state index contributed by atoms with van der Waals surface area (Å²) in [7, 11) is -3.98. The van der Waals surface area contributed by atoms with Crippen molar-refractivity contribution in [2.24, 2.45) is 0 Å². The van der Waals surface area contributed by atoms with E-state index < -0.39 is 22.0 Å². The molecule has 4 nitrogen and oxygen atoms in total. The first-order valence-corrected chi connectivity index (χ1v) is 8.26. The first-order chi connectivity index (χ1) is 10.8. The summed E-state index contributed by atoms with van der Waals surface area (Å²) in [6.45, 7) is 1.83. The van der Waals surface area contributed by atoms with E-state index in [1.54, 1.807) is 12.1 Å². The van der Waals surface area contributed by atoms with E-state index >= 15 is 0 Å². The second-order valence-electron chi connectivity index (χ2n) is 5.24. The Hall–Kier alpha value is -2.41. The van der Waals surface area contributed by atoms with Crippen LogP contribution >= 0.6 is 0 Å². The molecule has 23 heavy (non-hydrogen) atoms. The van der Waals surface area contributed by atoms with Crippen molar-refractivity contribution in [3.05, 3.63) is 59.8 Å². The first kappa shape index (κ1) is 15.5. The molecule has 7 heteroatoms. The second kappa shape index (κ2) is 5.34. The van der Waals surface area contributed by atoms with E-state index in [1.807, 2.05) is 6.92 Å². The van der Waals surface area contributed by atoms with Gasteiger partial charge in [-0.05, 0) is 31.2 Å². The molecule has 0 unspecified atom stereocenters. The zero-order valence-electron chi connectivity index (χ0n) is 12.2. The van der Waals surface area contributed by atoms with E-state index in [1.165, 1.54) is 30.3 Å². The van der Waals surface area contributed by atoms with Crippen LogP contribution in [0.4, 0.5) is 14.5 Å². The fourth-order valence-corrected chi connectivity index (χ4v) is 3.87. The number of fused-ring (bicyclic) bond motifs is 1. The second-order valence-corrected chi connectivity index (χ2v) is 7.06. The molecule has 0 saturated carbocycles. The molecule has 0 aliphatic rings. The number of halogens is 2. The lowest BCUT2D eigenvalue weighted by Gasteiger charge is -2.08. The monoisotopic (exact) mass is 336 g/mol. The van der Waals surface area contributed by atoms with Crippen molar-refractivity contribution in [2.75, 3.05) is 5.73 Å². The SMILES string of the molecule is Cc1ccc(S(=O)(=O)n2cc(C(F)F)c3c(N)cccc32)cc1. The van der Waals surface area contributed by atoms with Crippen LogP contribution in [0.3, 0.4) is 0 Å². The molecule has 120 valence electrons. The minimum atomic E-state index is -3.98. The van der Waals surface area contributed by atoms with Crippen LogP contribution < -0.4 is 5.73 Å². The summed E-state index contributed by atoms with van der Waals surface area (Å²) < 4.78 is 53.0. The molecule has 0 bridgehead atoms. The quantitative estimate of drug-likeness (QED) is 0.742.